The van der Waals surface area contributed by atoms with E-state index in [0.29, 0.717) is 11.8 Å². The Kier molecular flexibility index (Phi) is 3.19. The summed E-state index contributed by atoms with van der Waals surface area (Å²) < 4.78 is 0. The van der Waals surface area contributed by atoms with E-state index in [1.807, 2.05) is 0 Å². The van der Waals surface area contributed by atoms with Crippen LogP contribution in [0.25, 0.3) is 0 Å². The third-order valence-electron chi connectivity index (χ3n) is 4.61. The summed E-state index contributed by atoms with van der Waals surface area (Å²) in [5.41, 5.74) is 1.42. The molecule has 0 heterocycles. The monoisotopic (exact) mass is 230 g/mol. The second-order valence-electron chi connectivity index (χ2n) is 5.87. The van der Waals surface area contributed by atoms with Crippen LogP contribution >= 0.6 is 0 Å². The lowest BCUT2D eigenvalue weighted by atomic mass is 9.96. The highest BCUT2D eigenvalue weighted by Crippen LogP contribution is 2.51. The molecule has 0 aliphatic heterocycles. The fourth-order valence-electron chi connectivity index (χ4n) is 3.49. The first-order valence-corrected chi connectivity index (χ1v) is 7.07. The molecule has 1 N–H and O–H groups in total. The van der Waals surface area contributed by atoms with Crippen LogP contribution in [0.2, 0.25) is 0 Å². The summed E-state index contributed by atoms with van der Waals surface area (Å²) in [6.45, 7) is 0. The molecule has 1 nitrogen and oxygen atoms in total. The van der Waals surface area contributed by atoms with Crippen molar-refractivity contribution in [3.63, 3.8) is 0 Å². The number of aliphatic hydroxyl groups is 1. The molecule has 17 heavy (non-hydrogen) atoms. The number of rotatable bonds is 4. The Morgan fingerprint density at radius 1 is 1.12 bits per heavy atom. The summed E-state index contributed by atoms with van der Waals surface area (Å²) in [5, 5.41) is 10.3. The standard InChI is InChI=1S/C16H22O/c17-16(10-12-6-4-5-7-12)15-11-14(15)13-8-2-1-3-9-13/h1-3,8-9,12,14-17H,4-7,10-11H2. The van der Waals surface area contributed by atoms with Crippen LogP contribution in [0.15, 0.2) is 30.3 Å². The predicted molar refractivity (Wildman–Crippen MR) is 69.9 cm³/mol. The molecule has 1 aromatic rings. The second-order valence-corrected chi connectivity index (χ2v) is 5.87. The average Bonchev–Trinajstić information content (AvgIpc) is 3.02. The molecular formula is C16H22O. The van der Waals surface area contributed by atoms with E-state index in [9.17, 15) is 5.11 Å². The summed E-state index contributed by atoms with van der Waals surface area (Å²) in [4.78, 5) is 0. The molecule has 0 spiro atoms. The first-order chi connectivity index (χ1) is 8.34. The molecule has 3 unspecified atom stereocenters. The summed E-state index contributed by atoms with van der Waals surface area (Å²) in [7, 11) is 0. The molecule has 1 heteroatoms. The SMILES string of the molecule is OC(CC1CCCC1)C1CC1c1ccccc1. The van der Waals surface area contributed by atoms with Crippen LogP contribution in [-0.2, 0) is 0 Å². The van der Waals surface area contributed by atoms with E-state index in [-0.39, 0.29) is 6.10 Å². The Labute approximate surface area is 104 Å². The smallest absolute Gasteiger partial charge is 0.0577 e. The van der Waals surface area contributed by atoms with Gasteiger partial charge in [-0.1, -0.05) is 56.0 Å². The van der Waals surface area contributed by atoms with Crippen LogP contribution in [0.4, 0.5) is 0 Å². The van der Waals surface area contributed by atoms with Crippen molar-refractivity contribution >= 4 is 0 Å². The summed E-state index contributed by atoms with van der Waals surface area (Å²) >= 11 is 0. The molecule has 0 radical (unpaired) electrons. The first kappa shape index (κ1) is 11.3. The van der Waals surface area contributed by atoms with Crippen molar-refractivity contribution in [1.82, 2.24) is 0 Å². The second kappa shape index (κ2) is 4.81. The zero-order valence-corrected chi connectivity index (χ0v) is 10.4. The van der Waals surface area contributed by atoms with Gasteiger partial charge in [-0.3, -0.25) is 0 Å². The van der Waals surface area contributed by atoms with Crippen molar-refractivity contribution in [3.8, 4) is 0 Å². The topological polar surface area (TPSA) is 20.2 Å². The third kappa shape index (κ3) is 2.55. The molecule has 3 atom stereocenters. The van der Waals surface area contributed by atoms with Crippen molar-refractivity contribution in [1.29, 1.82) is 0 Å². The van der Waals surface area contributed by atoms with Crippen LogP contribution in [0, 0.1) is 11.8 Å². The molecule has 0 bridgehead atoms. The highest BCUT2D eigenvalue weighted by molar-refractivity contribution is 5.26. The number of hydrogen-bond acceptors (Lipinski definition) is 1. The number of hydrogen-bond donors (Lipinski definition) is 1. The number of benzene rings is 1. The van der Waals surface area contributed by atoms with E-state index in [1.165, 1.54) is 37.7 Å². The minimum Gasteiger partial charge on any atom is -0.393 e. The van der Waals surface area contributed by atoms with Gasteiger partial charge in [0.1, 0.15) is 0 Å². The van der Waals surface area contributed by atoms with E-state index in [0.717, 1.165) is 12.3 Å². The Morgan fingerprint density at radius 2 is 1.82 bits per heavy atom. The van der Waals surface area contributed by atoms with E-state index in [2.05, 4.69) is 30.3 Å². The van der Waals surface area contributed by atoms with E-state index < -0.39 is 0 Å². The van der Waals surface area contributed by atoms with Gasteiger partial charge in [-0.2, -0.15) is 0 Å². The van der Waals surface area contributed by atoms with Crippen LogP contribution in [0.5, 0.6) is 0 Å². The van der Waals surface area contributed by atoms with Gasteiger partial charge in [0, 0.05) is 0 Å². The minimum absolute atomic E-state index is 0.0525. The first-order valence-electron chi connectivity index (χ1n) is 7.07. The minimum atomic E-state index is -0.0525. The van der Waals surface area contributed by atoms with Gasteiger partial charge < -0.3 is 5.11 Å². The molecular weight excluding hydrogens is 208 g/mol. The maximum atomic E-state index is 10.3. The summed E-state index contributed by atoms with van der Waals surface area (Å²) in [6.07, 6.45) is 7.64. The van der Waals surface area contributed by atoms with Crippen molar-refractivity contribution < 1.29 is 5.11 Å². The van der Waals surface area contributed by atoms with Crippen molar-refractivity contribution in [2.75, 3.05) is 0 Å². The third-order valence-corrected chi connectivity index (χ3v) is 4.61. The lowest BCUT2D eigenvalue weighted by molar-refractivity contribution is 0.119. The number of aliphatic hydroxyl groups excluding tert-OH is 1. The van der Waals surface area contributed by atoms with E-state index >= 15 is 0 Å². The summed E-state index contributed by atoms with van der Waals surface area (Å²) in [5.74, 6) is 1.98. The predicted octanol–water partition coefficient (Wildman–Crippen LogP) is 3.73. The largest absolute Gasteiger partial charge is 0.393 e. The van der Waals surface area contributed by atoms with Crippen molar-refractivity contribution in [2.45, 2.75) is 50.5 Å². The highest BCUT2D eigenvalue weighted by atomic mass is 16.3. The lowest BCUT2D eigenvalue weighted by Gasteiger charge is -2.15. The van der Waals surface area contributed by atoms with Crippen molar-refractivity contribution in [3.05, 3.63) is 35.9 Å². The Hall–Kier alpha value is -0.820. The lowest BCUT2D eigenvalue weighted by Crippen LogP contribution is -2.14. The molecule has 0 aromatic heterocycles. The van der Waals surface area contributed by atoms with Gasteiger partial charge in [-0.15, -0.1) is 0 Å². The molecule has 3 rings (SSSR count). The van der Waals surface area contributed by atoms with Gasteiger partial charge >= 0.3 is 0 Å². The molecule has 2 saturated carbocycles. The molecule has 0 saturated heterocycles. The van der Waals surface area contributed by atoms with Gasteiger partial charge in [0.2, 0.25) is 0 Å². The Morgan fingerprint density at radius 3 is 2.53 bits per heavy atom. The molecule has 2 aliphatic carbocycles. The van der Waals surface area contributed by atoms with Gasteiger partial charge in [0.05, 0.1) is 6.10 Å². The Bertz CT molecular complexity index is 353. The molecule has 2 fully saturated rings. The molecule has 0 amide bonds. The summed E-state index contributed by atoms with van der Waals surface area (Å²) in [6, 6.07) is 10.7. The molecule has 92 valence electrons. The van der Waals surface area contributed by atoms with Crippen LogP contribution < -0.4 is 0 Å². The van der Waals surface area contributed by atoms with Gasteiger partial charge in [0.25, 0.3) is 0 Å². The van der Waals surface area contributed by atoms with E-state index in [4.69, 9.17) is 0 Å². The maximum Gasteiger partial charge on any atom is 0.0577 e. The molecule has 2 aliphatic rings. The fraction of sp³-hybridized carbons (Fsp3) is 0.625. The van der Waals surface area contributed by atoms with E-state index in [1.54, 1.807) is 0 Å². The van der Waals surface area contributed by atoms with Gasteiger partial charge in [-0.05, 0) is 36.2 Å². The van der Waals surface area contributed by atoms with Gasteiger partial charge in [0.15, 0.2) is 0 Å². The van der Waals surface area contributed by atoms with Gasteiger partial charge in [-0.25, -0.2) is 0 Å². The van der Waals surface area contributed by atoms with Crippen molar-refractivity contribution in [2.24, 2.45) is 11.8 Å². The van der Waals surface area contributed by atoms with Crippen LogP contribution in [0.3, 0.4) is 0 Å². The van der Waals surface area contributed by atoms with Crippen LogP contribution in [-0.4, -0.2) is 11.2 Å². The Balaban J connectivity index is 1.53. The maximum absolute atomic E-state index is 10.3. The molecule has 1 aromatic carbocycles. The normalized spacial score (nSPS) is 30.4. The van der Waals surface area contributed by atoms with Crippen LogP contribution in [0.1, 0.15) is 50.0 Å². The fourth-order valence-corrected chi connectivity index (χ4v) is 3.49. The highest BCUT2D eigenvalue weighted by Gasteiger charge is 2.43. The average molecular weight is 230 g/mol. The zero-order valence-electron chi connectivity index (χ0n) is 10.4. The zero-order chi connectivity index (χ0) is 11.7. The quantitative estimate of drug-likeness (QED) is 0.835.